The van der Waals surface area contributed by atoms with Gasteiger partial charge < -0.3 is 0 Å². The van der Waals surface area contributed by atoms with Crippen LogP contribution in [0.3, 0.4) is 0 Å². The van der Waals surface area contributed by atoms with E-state index in [4.69, 9.17) is 0 Å². The number of nitrogens with zero attached hydrogens (tertiary/aromatic N) is 3. The van der Waals surface area contributed by atoms with Gasteiger partial charge in [-0.05, 0) is 6.92 Å². The van der Waals surface area contributed by atoms with Crippen molar-refractivity contribution in [1.82, 2.24) is 20.2 Å². The van der Waals surface area contributed by atoms with Crippen LogP contribution in [0.2, 0.25) is 0 Å². The van der Waals surface area contributed by atoms with Gasteiger partial charge in [-0.25, -0.2) is 9.97 Å². The minimum absolute atomic E-state index is 0.746. The summed E-state index contributed by atoms with van der Waals surface area (Å²) in [6.45, 7) is 1.84. The van der Waals surface area contributed by atoms with E-state index in [0.717, 1.165) is 16.7 Å². The molecular formula is C6H6N4S. The summed E-state index contributed by atoms with van der Waals surface area (Å²) in [5, 5.41) is 9.49. The Bertz CT molecular complexity index is 337. The number of aromatic nitrogens is 4. The minimum Gasteiger partial charge on any atom is -0.257 e. The standard InChI is InChI=1S/C6H6N4S/c1-4-8-5(10-9-4)6-7-2-3-11-6/h2-3H,1H3,(H,8,9,10). The highest BCUT2D eigenvalue weighted by Crippen LogP contribution is 2.16. The molecule has 5 heteroatoms. The number of thiazole rings is 1. The average molecular weight is 166 g/mol. The van der Waals surface area contributed by atoms with E-state index in [-0.39, 0.29) is 0 Å². The molecule has 0 amide bonds. The van der Waals surface area contributed by atoms with E-state index in [0.29, 0.717) is 0 Å². The maximum Gasteiger partial charge on any atom is 0.184 e. The molecule has 0 bridgehead atoms. The zero-order valence-corrected chi connectivity index (χ0v) is 6.72. The zero-order valence-electron chi connectivity index (χ0n) is 5.90. The van der Waals surface area contributed by atoms with E-state index >= 15 is 0 Å². The molecular weight excluding hydrogens is 160 g/mol. The fourth-order valence-electron chi connectivity index (χ4n) is 0.782. The van der Waals surface area contributed by atoms with Gasteiger partial charge in [0.25, 0.3) is 0 Å². The summed E-state index contributed by atoms with van der Waals surface area (Å²) in [6.07, 6.45) is 1.75. The minimum atomic E-state index is 0.746. The fourth-order valence-corrected chi connectivity index (χ4v) is 1.36. The quantitative estimate of drug-likeness (QED) is 0.693. The van der Waals surface area contributed by atoms with Gasteiger partial charge in [0.05, 0.1) is 0 Å². The number of nitrogens with one attached hydrogen (secondary N) is 1. The molecule has 0 spiro atoms. The largest absolute Gasteiger partial charge is 0.257 e. The maximum atomic E-state index is 4.13. The van der Waals surface area contributed by atoms with E-state index in [1.54, 1.807) is 17.5 Å². The van der Waals surface area contributed by atoms with Crippen molar-refractivity contribution in [1.29, 1.82) is 0 Å². The fraction of sp³-hybridized carbons (Fsp3) is 0.167. The van der Waals surface area contributed by atoms with E-state index in [9.17, 15) is 0 Å². The molecule has 0 fully saturated rings. The first-order valence-electron chi connectivity index (χ1n) is 3.15. The number of hydrogen-bond donors (Lipinski definition) is 1. The topological polar surface area (TPSA) is 54.5 Å². The van der Waals surface area contributed by atoms with E-state index in [2.05, 4.69) is 20.2 Å². The van der Waals surface area contributed by atoms with Gasteiger partial charge in [0.1, 0.15) is 5.82 Å². The van der Waals surface area contributed by atoms with Crippen molar-refractivity contribution < 1.29 is 0 Å². The summed E-state index contributed by atoms with van der Waals surface area (Å²) >= 11 is 1.54. The van der Waals surface area contributed by atoms with Crippen molar-refractivity contribution in [2.45, 2.75) is 6.92 Å². The van der Waals surface area contributed by atoms with Gasteiger partial charge in [0.2, 0.25) is 0 Å². The highest BCUT2D eigenvalue weighted by atomic mass is 32.1. The number of aromatic amines is 1. The third-order valence-electron chi connectivity index (χ3n) is 1.23. The van der Waals surface area contributed by atoms with Crippen LogP contribution in [0.15, 0.2) is 11.6 Å². The summed E-state index contributed by atoms with van der Waals surface area (Å²) in [7, 11) is 0. The molecule has 2 aromatic rings. The Morgan fingerprint density at radius 1 is 1.55 bits per heavy atom. The van der Waals surface area contributed by atoms with Gasteiger partial charge in [0, 0.05) is 11.6 Å². The number of H-pyrrole nitrogens is 1. The molecule has 2 aromatic heterocycles. The predicted octanol–water partition coefficient (Wildman–Crippen LogP) is 1.24. The van der Waals surface area contributed by atoms with E-state index < -0.39 is 0 Å². The third-order valence-corrected chi connectivity index (χ3v) is 2.01. The Morgan fingerprint density at radius 3 is 3.00 bits per heavy atom. The normalized spacial score (nSPS) is 10.3. The first-order chi connectivity index (χ1) is 5.36. The van der Waals surface area contributed by atoms with Gasteiger partial charge in [-0.1, -0.05) is 0 Å². The van der Waals surface area contributed by atoms with Crippen LogP contribution < -0.4 is 0 Å². The number of rotatable bonds is 1. The summed E-state index contributed by atoms with van der Waals surface area (Å²) in [5.74, 6) is 1.49. The molecule has 11 heavy (non-hydrogen) atoms. The maximum absolute atomic E-state index is 4.13. The van der Waals surface area contributed by atoms with Crippen LogP contribution in [0.5, 0.6) is 0 Å². The second kappa shape index (κ2) is 2.43. The Kier molecular flexibility index (Phi) is 1.43. The van der Waals surface area contributed by atoms with Crippen molar-refractivity contribution in [2.75, 3.05) is 0 Å². The Hall–Kier alpha value is -1.23. The van der Waals surface area contributed by atoms with Crippen LogP contribution >= 0.6 is 11.3 Å². The second-order valence-electron chi connectivity index (χ2n) is 2.07. The molecule has 2 heterocycles. The highest BCUT2D eigenvalue weighted by Gasteiger charge is 2.03. The van der Waals surface area contributed by atoms with Crippen molar-refractivity contribution in [2.24, 2.45) is 0 Å². The van der Waals surface area contributed by atoms with Gasteiger partial charge in [-0.15, -0.1) is 11.3 Å². The molecule has 4 nitrogen and oxygen atoms in total. The third kappa shape index (κ3) is 1.14. The second-order valence-corrected chi connectivity index (χ2v) is 2.96. The van der Waals surface area contributed by atoms with E-state index in [1.807, 2.05) is 12.3 Å². The van der Waals surface area contributed by atoms with Crippen LogP contribution in [-0.4, -0.2) is 20.2 Å². The molecule has 56 valence electrons. The van der Waals surface area contributed by atoms with Crippen LogP contribution in [0.1, 0.15) is 5.82 Å². The smallest absolute Gasteiger partial charge is 0.184 e. The summed E-state index contributed by atoms with van der Waals surface area (Å²) in [4.78, 5) is 8.22. The van der Waals surface area contributed by atoms with Crippen molar-refractivity contribution >= 4 is 11.3 Å². The van der Waals surface area contributed by atoms with Crippen molar-refractivity contribution in [3.8, 4) is 10.8 Å². The van der Waals surface area contributed by atoms with Crippen LogP contribution in [0.25, 0.3) is 10.8 Å². The predicted molar refractivity (Wildman–Crippen MR) is 42.2 cm³/mol. The molecule has 0 aliphatic rings. The van der Waals surface area contributed by atoms with Gasteiger partial charge in [-0.3, -0.25) is 5.10 Å². The summed E-state index contributed by atoms with van der Waals surface area (Å²) in [6, 6.07) is 0. The summed E-state index contributed by atoms with van der Waals surface area (Å²) in [5.41, 5.74) is 0. The Labute approximate surface area is 67.3 Å². The highest BCUT2D eigenvalue weighted by molar-refractivity contribution is 7.12. The van der Waals surface area contributed by atoms with Gasteiger partial charge >= 0.3 is 0 Å². The average Bonchev–Trinajstić information content (AvgIpc) is 2.55. The van der Waals surface area contributed by atoms with Gasteiger partial charge in [-0.2, -0.15) is 5.10 Å². The zero-order chi connectivity index (χ0) is 7.68. The molecule has 2 rings (SSSR count). The molecule has 0 aliphatic heterocycles. The van der Waals surface area contributed by atoms with Crippen molar-refractivity contribution in [3.05, 3.63) is 17.4 Å². The molecule has 0 saturated carbocycles. The number of aryl methyl sites for hydroxylation is 1. The van der Waals surface area contributed by atoms with Gasteiger partial charge in [0.15, 0.2) is 10.8 Å². The molecule has 0 radical (unpaired) electrons. The molecule has 0 atom stereocenters. The Morgan fingerprint density at radius 2 is 2.45 bits per heavy atom. The molecule has 0 saturated heterocycles. The molecule has 1 N–H and O–H groups in total. The lowest BCUT2D eigenvalue weighted by Crippen LogP contribution is -1.77. The monoisotopic (exact) mass is 166 g/mol. The lowest BCUT2D eigenvalue weighted by Gasteiger charge is -1.82. The lowest BCUT2D eigenvalue weighted by molar-refractivity contribution is 1.04. The molecule has 0 aliphatic carbocycles. The SMILES string of the molecule is Cc1n[nH]c(-c2nccs2)n1. The first kappa shape index (κ1) is 6.48. The van der Waals surface area contributed by atoms with Crippen LogP contribution in [0.4, 0.5) is 0 Å². The molecule has 0 unspecified atom stereocenters. The van der Waals surface area contributed by atoms with Crippen LogP contribution in [0, 0.1) is 6.92 Å². The first-order valence-corrected chi connectivity index (χ1v) is 4.03. The lowest BCUT2D eigenvalue weighted by atomic mass is 10.6. The van der Waals surface area contributed by atoms with E-state index in [1.165, 1.54) is 0 Å². The molecule has 0 aromatic carbocycles. The Balaban J connectivity index is 2.45. The van der Waals surface area contributed by atoms with Crippen LogP contribution in [-0.2, 0) is 0 Å². The number of hydrogen-bond acceptors (Lipinski definition) is 4. The summed E-state index contributed by atoms with van der Waals surface area (Å²) < 4.78 is 0. The van der Waals surface area contributed by atoms with Crippen molar-refractivity contribution in [3.63, 3.8) is 0 Å².